The smallest absolute Gasteiger partial charge is 0.310 e. The largest absolute Gasteiger partial charge is 0.416 e. The molecule has 0 unspecified atom stereocenters. The second-order valence-electron chi connectivity index (χ2n) is 4.82. The van der Waals surface area contributed by atoms with Crippen LogP contribution in [-0.2, 0) is 11.0 Å². The van der Waals surface area contributed by atoms with E-state index >= 15 is 0 Å². The number of hydrogen-bond acceptors (Lipinski definition) is 5. The van der Waals surface area contributed by atoms with Crippen LogP contribution in [0, 0.1) is 21.4 Å². The summed E-state index contributed by atoms with van der Waals surface area (Å²) in [5.41, 5.74) is -2.77. The molecule has 0 radical (unpaired) electrons. The Morgan fingerprint density at radius 3 is 2.68 bits per heavy atom. The summed E-state index contributed by atoms with van der Waals surface area (Å²) in [7, 11) is 0. The predicted octanol–water partition coefficient (Wildman–Crippen LogP) is 3.22. The summed E-state index contributed by atoms with van der Waals surface area (Å²) in [6.07, 6.45) is -4.65. The molecule has 0 saturated carbocycles. The van der Waals surface area contributed by atoms with Gasteiger partial charge in [-0.2, -0.15) is 23.5 Å². The molecule has 0 saturated heterocycles. The summed E-state index contributed by atoms with van der Waals surface area (Å²) in [5.74, 6) is -0.521. The minimum Gasteiger partial charge on any atom is -0.310 e. The van der Waals surface area contributed by atoms with E-state index in [-0.39, 0.29) is 29.1 Å². The molecule has 0 aliphatic heterocycles. The van der Waals surface area contributed by atoms with Crippen LogP contribution in [0.3, 0.4) is 0 Å². The Morgan fingerprint density at radius 1 is 1.48 bits per heavy atom. The molecule has 8 nitrogen and oxygen atoms in total. The number of halogens is 3. The lowest BCUT2D eigenvalue weighted by Crippen LogP contribution is -2.10. The van der Waals surface area contributed by atoms with Crippen molar-refractivity contribution >= 4 is 17.4 Å². The third kappa shape index (κ3) is 3.57. The molecule has 0 atom stereocenters. The normalized spacial score (nSPS) is 11.0. The van der Waals surface area contributed by atoms with E-state index in [0.29, 0.717) is 12.1 Å². The average Bonchev–Trinajstić information content (AvgIpc) is 2.95. The lowest BCUT2D eigenvalue weighted by atomic mass is 10.0. The van der Waals surface area contributed by atoms with Gasteiger partial charge in [0.2, 0.25) is 5.91 Å². The molecule has 1 heterocycles. The molecule has 0 fully saturated rings. The van der Waals surface area contributed by atoms with Crippen LogP contribution in [0.15, 0.2) is 18.2 Å². The zero-order valence-electron chi connectivity index (χ0n) is 12.6. The van der Waals surface area contributed by atoms with Crippen LogP contribution in [0.2, 0.25) is 0 Å². The molecule has 0 bridgehead atoms. The first-order valence-corrected chi connectivity index (χ1v) is 6.83. The first-order chi connectivity index (χ1) is 11.7. The van der Waals surface area contributed by atoms with E-state index < -0.39 is 28.3 Å². The molecule has 11 heteroatoms. The number of nitro groups is 1. The molecule has 25 heavy (non-hydrogen) atoms. The van der Waals surface area contributed by atoms with Gasteiger partial charge in [0.05, 0.1) is 16.1 Å². The number of rotatable bonds is 4. The Morgan fingerprint density at radius 2 is 2.16 bits per heavy atom. The number of nitro benzene ring substituents is 1. The lowest BCUT2D eigenvalue weighted by Gasteiger charge is -2.08. The van der Waals surface area contributed by atoms with Crippen LogP contribution in [0.25, 0.3) is 11.3 Å². The number of carbonyl (C=O) groups excluding carboxylic acids is 1. The Balaban J connectivity index is 2.61. The van der Waals surface area contributed by atoms with E-state index in [0.717, 1.165) is 6.07 Å². The van der Waals surface area contributed by atoms with E-state index in [2.05, 4.69) is 15.5 Å². The number of benzene rings is 1. The summed E-state index contributed by atoms with van der Waals surface area (Å²) in [5, 5.41) is 28.8. The molecule has 0 aliphatic rings. The molecule has 0 spiro atoms. The van der Waals surface area contributed by atoms with Crippen LogP contribution < -0.4 is 5.32 Å². The van der Waals surface area contributed by atoms with Crippen LogP contribution in [0.5, 0.6) is 0 Å². The van der Waals surface area contributed by atoms with Gasteiger partial charge in [-0.1, -0.05) is 6.92 Å². The average molecular weight is 353 g/mol. The second-order valence-corrected chi connectivity index (χ2v) is 4.82. The number of hydrogen-bond donors (Lipinski definition) is 2. The Hall–Kier alpha value is -3.42. The summed E-state index contributed by atoms with van der Waals surface area (Å²) in [4.78, 5) is 21.6. The fourth-order valence-electron chi connectivity index (χ4n) is 2.02. The van der Waals surface area contributed by atoms with Gasteiger partial charge in [-0.15, -0.1) is 0 Å². The molecule has 0 aliphatic carbocycles. The van der Waals surface area contributed by atoms with Crippen molar-refractivity contribution in [2.45, 2.75) is 19.5 Å². The molecular formula is C14H10F3N5O3. The third-order valence-electron chi connectivity index (χ3n) is 3.24. The van der Waals surface area contributed by atoms with Crippen LogP contribution in [0.4, 0.5) is 24.7 Å². The van der Waals surface area contributed by atoms with Crippen LogP contribution in [-0.4, -0.2) is 21.0 Å². The Labute approximate surface area is 138 Å². The highest BCUT2D eigenvalue weighted by atomic mass is 19.4. The van der Waals surface area contributed by atoms with E-state index in [1.54, 1.807) is 13.0 Å². The standard InChI is InChI=1S/C14H10F3N5O3/c1-2-11(23)19-13-9(6-18)12(20-21-13)8-4-3-7(14(15,16)17)5-10(8)22(24)25/h3-5H,2H2,1H3,(H2,19,20,21,23). The number of nitrogens with one attached hydrogen (secondary N) is 2. The van der Waals surface area contributed by atoms with Gasteiger partial charge in [0.25, 0.3) is 5.69 Å². The maximum atomic E-state index is 12.8. The van der Waals surface area contributed by atoms with Crippen LogP contribution >= 0.6 is 0 Å². The third-order valence-corrected chi connectivity index (χ3v) is 3.24. The molecule has 130 valence electrons. The molecule has 1 aromatic carbocycles. The van der Waals surface area contributed by atoms with Crippen molar-refractivity contribution in [1.29, 1.82) is 5.26 Å². The van der Waals surface area contributed by atoms with E-state index in [9.17, 15) is 33.3 Å². The van der Waals surface area contributed by atoms with Gasteiger partial charge in [-0.05, 0) is 12.1 Å². The maximum absolute atomic E-state index is 12.8. The summed E-state index contributed by atoms with van der Waals surface area (Å²) < 4.78 is 38.3. The zero-order valence-corrected chi connectivity index (χ0v) is 12.6. The highest BCUT2D eigenvalue weighted by molar-refractivity contribution is 5.92. The lowest BCUT2D eigenvalue weighted by molar-refractivity contribution is -0.384. The minimum atomic E-state index is -4.76. The van der Waals surface area contributed by atoms with Crippen molar-refractivity contribution in [2.24, 2.45) is 0 Å². The number of aromatic amines is 1. The Kier molecular flexibility index (Phi) is 4.73. The Bertz CT molecular complexity index is 883. The van der Waals surface area contributed by atoms with Gasteiger partial charge in [0.1, 0.15) is 23.1 Å². The van der Waals surface area contributed by atoms with Crippen molar-refractivity contribution in [3.8, 4) is 17.3 Å². The van der Waals surface area contributed by atoms with Crippen molar-refractivity contribution < 1.29 is 22.9 Å². The van der Waals surface area contributed by atoms with E-state index in [1.165, 1.54) is 0 Å². The number of carbonyl (C=O) groups is 1. The molecule has 1 amide bonds. The molecule has 2 N–H and O–H groups in total. The van der Waals surface area contributed by atoms with E-state index in [1.807, 2.05) is 0 Å². The number of amides is 1. The minimum absolute atomic E-state index is 0.0847. The predicted molar refractivity (Wildman–Crippen MR) is 79.3 cm³/mol. The second kappa shape index (κ2) is 6.60. The van der Waals surface area contributed by atoms with Crippen LogP contribution in [0.1, 0.15) is 24.5 Å². The first kappa shape index (κ1) is 17.9. The van der Waals surface area contributed by atoms with Crippen molar-refractivity contribution in [1.82, 2.24) is 10.2 Å². The van der Waals surface area contributed by atoms with Crippen molar-refractivity contribution in [2.75, 3.05) is 5.32 Å². The fraction of sp³-hybridized carbons (Fsp3) is 0.214. The van der Waals surface area contributed by atoms with Gasteiger partial charge in [-0.25, -0.2) is 0 Å². The fourth-order valence-corrected chi connectivity index (χ4v) is 2.02. The summed E-state index contributed by atoms with van der Waals surface area (Å²) >= 11 is 0. The first-order valence-electron chi connectivity index (χ1n) is 6.83. The van der Waals surface area contributed by atoms with Crippen molar-refractivity contribution in [3.63, 3.8) is 0 Å². The highest BCUT2D eigenvalue weighted by Crippen LogP contribution is 2.38. The molecule has 2 rings (SSSR count). The monoisotopic (exact) mass is 353 g/mol. The molecule has 2 aromatic rings. The number of nitrogens with zero attached hydrogens (tertiary/aromatic N) is 3. The highest BCUT2D eigenvalue weighted by Gasteiger charge is 2.34. The summed E-state index contributed by atoms with van der Waals surface area (Å²) in [6.45, 7) is 1.57. The SMILES string of the molecule is CCC(=O)Nc1[nH]nc(-c2ccc(C(F)(F)F)cc2[N+](=O)[O-])c1C#N. The number of aromatic nitrogens is 2. The van der Waals surface area contributed by atoms with Gasteiger partial charge >= 0.3 is 6.18 Å². The topological polar surface area (TPSA) is 125 Å². The molecular weight excluding hydrogens is 343 g/mol. The number of H-pyrrole nitrogens is 1. The zero-order chi connectivity index (χ0) is 18.8. The van der Waals surface area contributed by atoms with Crippen molar-refractivity contribution in [3.05, 3.63) is 39.4 Å². The number of alkyl halides is 3. The van der Waals surface area contributed by atoms with Gasteiger partial charge < -0.3 is 5.32 Å². The van der Waals surface area contributed by atoms with Gasteiger partial charge in [-0.3, -0.25) is 20.0 Å². The van der Waals surface area contributed by atoms with Gasteiger partial charge in [0, 0.05) is 12.5 Å². The number of anilines is 1. The number of nitriles is 1. The van der Waals surface area contributed by atoms with E-state index in [4.69, 9.17) is 0 Å². The summed E-state index contributed by atoms with van der Waals surface area (Å²) in [6, 6.07) is 3.62. The van der Waals surface area contributed by atoms with Gasteiger partial charge in [0.15, 0.2) is 0 Å². The maximum Gasteiger partial charge on any atom is 0.416 e. The molecule has 1 aromatic heterocycles. The quantitative estimate of drug-likeness (QED) is 0.645.